The van der Waals surface area contributed by atoms with E-state index in [4.69, 9.17) is 10.5 Å². The van der Waals surface area contributed by atoms with Crippen molar-refractivity contribution < 1.29 is 14.2 Å². The van der Waals surface area contributed by atoms with Crippen LogP contribution >= 0.6 is 0 Å². The molecule has 0 aliphatic heterocycles. The zero-order valence-electron chi connectivity index (χ0n) is 10.7. The lowest BCUT2D eigenvalue weighted by Crippen LogP contribution is -2.37. The first-order valence-electron chi connectivity index (χ1n) is 6.40. The number of rotatable bonds is 3. The first kappa shape index (κ1) is 13.1. The van der Waals surface area contributed by atoms with Crippen molar-refractivity contribution in [1.82, 2.24) is 0 Å². The van der Waals surface area contributed by atoms with E-state index in [1.807, 2.05) is 0 Å². The van der Waals surface area contributed by atoms with E-state index in [1.165, 1.54) is 19.6 Å². The minimum atomic E-state index is -0.490. The van der Waals surface area contributed by atoms with Gasteiger partial charge in [0.1, 0.15) is 17.3 Å². The molecule has 0 bridgehead atoms. The largest absolute Gasteiger partial charge is 0.507 e. The minimum absolute atomic E-state index is 0.0424. The van der Waals surface area contributed by atoms with Crippen molar-refractivity contribution in [2.75, 3.05) is 13.7 Å². The highest BCUT2D eigenvalue weighted by atomic mass is 19.1. The number of methoxy groups -OCH3 is 1. The number of hydrogen-bond donors (Lipinski definition) is 2. The number of hydrogen-bond acceptors (Lipinski definition) is 3. The molecule has 0 unspecified atom stereocenters. The molecule has 1 aliphatic carbocycles. The van der Waals surface area contributed by atoms with Gasteiger partial charge in [-0.15, -0.1) is 0 Å². The predicted octanol–water partition coefficient (Wildman–Crippen LogP) is 2.70. The number of phenols is 1. The second-order valence-electron chi connectivity index (χ2n) is 5.05. The maximum absolute atomic E-state index is 13.3. The van der Waals surface area contributed by atoms with E-state index in [0.717, 1.165) is 31.7 Å². The van der Waals surface area contributed by atoms with Gasteiger partial charge in [0.25, 0.3) is 0 Å². The van der Waals surface area contributed by atoms with Gasteiger partial charge in [0.15, 0.2) is 0 Å². The molecule has 0 aromatic heterocycles. The van der Waals surface area contributed by atoms with Gasteiger partial charge in [-0.05, 0) is 12.8 Å². The van der Waals surface area contributed by atoms with E-state index in [-0.39, 0.29) is 11.2 Å². The molecule has 100 valence electrons. The number of nitrogens with two attached hydrogens (primary N) is 1. The lowest BCUT2D eigenvalue weighted by molar-refractivity contribution is 0.276. The summed E-state index contributed by atoms with van der Waals surface area (Å²) in [5, 5.41) is 10.1. The van der Waals surface area contributed by atoms with Crippen molar-refractivity contribution in [2.45, 2.75) is 37.5 Å². The van der Waals surface area contributed by atoms with E-state index < -0.39 is 5.82 Å². The van der Waals surface area contributed by atoms with Crippen LogP contribution in [0.15, 0.2) is 12.1 Å². The van der Waals surface area contributed by atoms with Gasteiger partial charge in [-0.25, -0.2) is 4.39 Å². The summed E-state index contributed by atoms with van der Waals surface area (Å²) >= 11 is 0. The molecule has 0 spiro atoms. The quantitative estimate of drug-likeness (QED) is 0.870. The molecule has 3 N–H and O–H groups in total. The summed E-state index contributed by atoms with van der Waals surface area (Å²) < 4.78 is 18.6. The molecule has 2 rings (SSSR count). The third-order valence-corrected chi connectivity index (χ3v) is 4.00. The van der Waals surface area contributed by atoms with Gasteiger partial charge in [-0.1, -0.05) is 19.3 Å². The Balaban J connectivity index is 2.53. The standard InChI is InChI=1S/C14H20FNO2/c1-18-12-8-10(15)7-11(17)13(12)14(9-16)5-3-2-4-6-14/h7-8,17H,2-6,9,16H2,1H3. The van der Waals surface area contributed by atoms with Crippen LogP contribution in [-0.4, -0.2) is 18.8 Å². The van der Waals surface area contributed by atoms with Gasteiger partial charge in [0.05, 0.1) is 7.11 Å². The topological polar surface area (TPSA) is 55.5 Å². The molecule has 0 atom stereocenters. The van der Waals surface area contributed by atoms with Crippen molar-refractivity contribution in [1.29, 1.82) is 0 Å². The summed E-state index contributed by atoms with van der Waals surface area (Å²) in [4.78, 5) is 0. The molecule has 0 saturated heterocycles. The van der Waals surface area contributed by atoms with Crippen LogP contribution in [0.3, 0.4) is 0 Å². The Hall–Kier alpha value is -1.29. The summed E-state index contributed by atoms with van der Waals surface area (Å²) in [5.41, 5.74) is 6.34. The second-order valence-corrected chi connectivity index (χ2v) is 5.05. The van der Waals surface area contributed by atoms with Crippen LogP contribution in [0.4, 0.5) is 4.39 Å². The summed E-state index contributed by atoms with van der Waals surface area (Å²) in [6.45, 7) is 0.447. The Morgan fingerprint density at radius 3 is 2.56 bits per heavy atom. The van der Waals surface area contributed by atoms with Gasteiger partial charge in [0.2, 0.25) is 0 Å². The lowest BCUT2D eigenvalue weighted by Gasteiger charge is -2.37. The monoisotopic (exact) mass is 253 g/mol. The molecule has 0 heterocycles. The summed E-state index contributed by atoms with van der Waals surface area (Å²) in [7, 11) is 1.49. The molecular weight excluding hydrogens is 233 g/mol. The van der Waals surface area contributed by atoms with Gasteiger partial charge in [-0.2, -0.15) is 0 Å². The third-order valence-electron chi connectivity index (χ3n) is 4.00. The maximum atomic E-state index is 13.3. The lowest BCUT2D eigenvalue weighted by atomic mass is 9.69. The number of halogens is 1. The Morgan fingerprint density at radius 2 is 2.00 bits per heavy atom. The number of ether oxygens (including phenoxy) is 1. The smallest absolute Gasteiger partial charge is 0.130 e. The fourth-order valence-corrected chi connectivity index (χ4v) is 3.05. The molecule has 18 heavy (non-hydrogen) atoms. The Labute approximate surface area is 107 Å². The summed E-state index contributed by atoms with van der Waals surface area (Å²) in [6.07, 6.45) is 5.18. The van der Waals surface area contributed by atoms with E-state index >= 15 is 0 Å². The van der Waals surface area contributed by atoms with E-state index in [2.05, 4.69) is 0 Å². The first-order valence-corrected chi connectivity index (χ1v) is 6.40. The molecule has 1 aliphatic rings. The molecule has 3 nitrogen and oxygen atoms in total. The van der Waals surface area contributed by atoms with Crippen LogP contribution in [0, 0.1) is 5.82 Å². The molecular formula is C14H20FNO2. The first-order chi connectivity index (χ1) is 8.63. The highest BCUT2D eigenvalue weighted by molar-refractivity contribution is 5.50. The number of benzene rings is 1. The SMILES string of the molecule is COc1cc(F)cc(O)c1C1(CN)CCCCC1. The average Bonchev–Trinajstić information content (AvgIpc) is 2.38. The van der Waals surface area contributed by atoms with Crippen LogP contribution < -0.4 is 10.5 Å². The zero-order chi connectivity index (χ0) is 13.2. The van der Waals surface area contributed by atoms with E-state index in [1.54, 1.807) is 0 Å². The zero-order valence-corrected chi connectivity index (χ0v) is 10.7. The molecule has 1 aromatic carbocycles. The molecule has 1 fully saturated rings. The molecule has 0 amide bonds. The van der Waals surface area contributed by atoms with E-state index in [0.29, 0.717) is 17.9 Å². The van der Waals surface area contributed by atoms with E-state index in [9.17, 15) is 9.50 Å². The normalized spacial score (nSPS) is 18.6. The van der Waals surface area contributed by atoms with Gasteiger partial charge in [-0.3, -0.25) is 0 Å². The second kappa shape index (κ2) is 5.14. The maximum Gasteiger partial charge on any atom is 0.130 e. The molecule has 0 radical (unpaired) electrons. The fraction of sp³-hybridized carbons (Fsp3) is 0.571. The summed E-state index contributed by atoms with van der Waals surface area (Å²) in [6, 6.07) is 2.46. The van der Waals surface area contributed by atoms with Gasteiger partial charge < -0.3 is 15.6 Å². The van der Waals surface area contributed by atoms with Crippen LogP contribution in [0.2, 0.25) is 0 Å². The Bertz CT molecular complexity index is 428. The van der Waals surface area contributed by atoms with Crippen LogP contribution in [0.5, 0.6) is 11.5 Å². The Kier molecular flexibility index (Phi) is 3.76. The third kappa shape index (κ3) is 2.17. The number of phenolic OH excluding ortho intramolecular Hbond substituents is 1. The van der Waals surface area contributed by atoms with Crippen molar-refractivity contribution in [2.24, 2.45) is 5.73 Å². The van der Waals surface area contributed by atoms with Crippen molar-refractivity contribution in [3.63, 3.8) is 0 Å². The van der Waals surface area contributed by atoms with Gasteiger partial charge in [0, 0.05) is 29.7 Å². The predicted molar refractivity (Wildman–Crippen MR) is 68.4 cm³/mol. The number of aromatic hydroxyl groups is 1. The van der Waals surface area contributed by atoms with Crippen LogP contribution in [0.1, 0.15) is 37.7 Å². The molecule has 4 heteroatoms. The fourth-order valence-electron chi connectivity index (χ4n) is 3.05. The highest BCUT2D eigenvalue weighted by Crippen LogP contribution is 2.46. The minimum Gasteiger partial charge on any atom is -0.507 e. The van der Waals surface area contributed by atoms with Crippen molar-refractivity contribution in [3.05, 3.63) is 23.5 Å². The molecule has 1 saturated carbocycles. The van der Waals surface area contributed by atoms with Crippen molar-refractivity contribution in [3.8, 4) is 11.5 Å². The van der Waals surface area contributed by atoms with Crippen molar-refractivity contribution >= 4 is 0 Å². The van der Waals surface area contributed by atoms with Gasteiger partial charge >= 0.3 is 0 Å². The average molecular weight is 253 g/mol. The van der Waals surface area contributed by atoms with Crippen LogP contribution in [0.25, 0.3) is 0 Å². The summed E-state index contributed by atoms with van der Waals surface area (Å²) in [5.74, 6) is -0.130. The van der Waals surface area contributed by atoms with Crippen LogP contribution in [-0.2, 0) is 5.41 Å². The highest BCUT2D eigenvalue weighted by Gasteiger charge is 2.37. The molecule has 1 aromatic rings. The Morgan fingerprint density at radius 1 is 1.33 bits per heavy atom.